The van der Waals surface area contributed by atoms with Crippen molar-refractivity contribution in [3.05, 3.63) is 0 Å². The lowest BCUT2D eigenvalue weighted by atomic mass is 10.1. The van der Waals surface area contributed by atoms with E-state index in [4.69, 9.17) is 4.74 Å². The fourth-order valence-electron chi connectivity index (χ4n) is 1.41. The predicted octanol–water partition coefficient (Wildman–Crippen LogP) is -0.338. The number of ether oxygens (including phenoxy) is 1. The standard InChI is InChI=1S/C6H10N2O2/c9-6-7-3-4-1-2-10-5(4)8-6/h4-5H,1-3H2,(H2,7,8,9). The van der Waals surface area contributed by atoms with Gasteiger partial charge in [-0.3, -0.25) is 0 Å². The molecule has 0 saturated carbocycles. The van der Waals surface area contributed by atoms with Gasteiger partial charge in [-0.15, -0.1) is 0 Å². The van der Waals surface area contributed by atoms with Crippen molar-refractivity contribution < 1.29 is 9.53 Å². The van der Waals surface area contributed by atoms with Crippen LogP contribution in [0.15, 0.2) is 0 Å². The van der Waals surface area contributed by atoms with E-state index in [-0.39, 0.29) is 12.3 Å². The topological polar surface area (TPSA) is 50.4 Å². The summed E-state index contributed by atoms with van der Waals surface area (Å²) in [6, 6.07) is -0.108. The lowest BCUT2D eigenvalue weighted by molar-refractivity contribution is 0.0616. The molecule has 2 rings (SSSR count). The molecule has 4 heteroatoms. The average molecular weight is 142 g/mol. The molecule has 2 unspecified atom stereocenters. The van der Waals surface area contributed by atoms with Gasteiger partial charge in [0.2, 0.25) is 0 Å². The fourth-order valence-corrected chi connectivity index (χ4v) is 1.41. The number of carbonyl (C=O) groups excluding carboxylic acids is 1. The molecular weight excluding hydrogens is 132 g/mol. The molecule has 4 nitrogen and oxygen atoms in total. The second-order valence-corrected chi connectivity index (χ2v) is 2.69. The summed E-state index contributed by atoms with van der Waals surface area (Å²) in [6.07, 6.45) is 1.03. The van der Waals surface area contributed by atoms with Crippen LogP contribution in [0.5, 0.6) is 0 Å². The maximum Gasteiger partial charge on any atom is 0.316 e. The first kappa shape index (κ1) is 5.97. The fraction of sp³-hybridized carbons (Fsp3) is 0.833. The molecule has 0 bridgehead atoms. The molecule has 0 radical (unpaired) electrons. The van der Waals surface area contributed by atoms with Gasteiger partial charge >= 0.3 is 6.03 Å². The second-order valence-electron chi connectivity index (χ2n) is 2.69. The van der Waals surface area contributed by atoms with Crippen molar-refractivity contribution in [2.45, 2.75) is 12.6 Å². The Labute approximate surface area is 58.9 Å². The van der Waals surface area contributed by atoms with E-state index in [1.807, 2.05) is 0 Å². The zero-order chi connectivity index (χ0) is 6.97. The van der Waals surface area contributed by atoms with Crippen molar-refractivity contribution in [3.63, 3.8) is 0 Å². The van der Waals surface area contributed by atoms with Crippen molar-refractivity contribution in [2.75, 3.05) is 13.2 Å². The van der Waals surface area contributed by atoms with Crippen molar-refractivity contribution >= 4 is 6.03 Å². The summed E-state index contributed by atoms with van der Waals surface area (Å²) in [6.45, 7) is 1.54. The van der Waals surface area contributed by atoms with Crippen LogP contribution in [0.4, 0.5) is 4.79 Å². The van der Waals surface area contributed by atoms with Gasteiger partial charge in [0, 0.05) is 19.1 Å². The molecule has 56 valence electrons. The van der Waals surface area contributed by atoms with Crippen molar-refractivity contribution in [3.8, 4) is 0 Å². The molecule has 0 aliphatic carbocycles. The Morgan fingerprint density at radius 3 is 3.40 bits per heavy atom. The van der Waals surface area contributed by atoms with Gasteiger partial charge in [-0.05, 0) is 6.42 Å². The molecule has 0 spiro atoms. The van der Waals surface area contributed by atoms with Crippen LogP contribution in [0.25, 0.3) is 0 Å². The van der Waals surface area contributed by atoms with E-state index in [0.29, 0.717) is 5.92 Å². The molecule has 2 heterocycles. The third-order valence-electron chi connectivity index (χ3n) is 2.01. The maximum absolute atomic E-state index is 10.7. The minimum Gasteiger partial charge on any atom is -0.358 e. The summed E-state index contributed by atoms with van der Waals surface area (Å²) in [5, 5.41) is 5.43. The summed E-state index contributed by atoms with van der Waals surface area (Å²) in [4.78, 5) is 10.7. The minimum atomic E-state index is -0.108. The number of hydrogen-bond acceptors (Lipinski definition) is 2. The van der Waals surface area contributed by atoms with Gasteiger partial charge in [-0.2, -0.15) is 0 Å². The number of urea groups is 1. The molecule has 2 aliphatic heterocycles. The molecule has 2 saturated heterocycles. The highest BCUT2D eigenvalue weighted by atomic mass is 16.5. The van der Waals surface area contributed by atoms with Crippen molar-refractivity contribution in [1.82, 2.24) is 10.6 Å². The highest BCUT2D eigenvalue weighted by Crippen LogP contribution is 2.19. The van der Waals surface area contributed by atoms with E-state index >= 15 is 0 Å². The maximum atomic E-state index is 10.7. The Morgan fingerprint density at radius 2 is 2.50 bits per heavy atom. The number of fused-ring (bicyclic) bond motifs is 1. The number of carbonyl (C=O) groups is 1. The van der Waals surface area contributed by atoms with Gasteiger partial charge < -0.3 is 15.4 Å². The number of nitrogens with one attached hydrogen (secondary N) is 2. The van der Waals surface area contributed by atoms with E-state index in [9.17, 15) is 4.79 Å². The van der Waals surface area contributed by atoms with Gasteiger partial charge in [0.25, 0.3) is 0 Å². The van der Waals surface area contributed by atoms with Crippen LogP contribution < -0.4 is 10.6 Å². The molecule has 2 amide bonds. The van der Waals surface area contributed by atoms with Crippen LogP contribution in [0.1, 0.15) is 6.42 Å². The highest BCUT2D eigenvalue weighted by molar-refractivity contribution is 5.74. The van der Waals surface area contributed by atoms with Crippen molar-refractivity contribution in [1.29, 1.82) is 0 Å². The third kappa shape index (κ3) is 0.844. The quantitative estimate of drug-likeness (QED) is 0.486. The third-order valence-corrected chi connectivity index (χ3v) is 2.01. The molecule has 2 aliphatic rings. The van der Waals surface area contributed by atoms with Crippen LogP contribution >= 0.6 is 0 Å². The predicted molar refractivity (Wildman–Crippen MR) is 34.4 cm³/mol. The number of rotatable bonds is 0. The van der Waals surface area contributed by atoms with Crippen LogP contribution in [0.3, 0.4) is 0 Å². The molecule has 10 heavy (non-hydrogen) atoms. The molecule has 0 aromatic heterocycles. The largest absolute Gasteiger partial charge is 0.358 e. The Balaban J connectivity index is 2.03. The minimum absolute atomic E-state index is 0.0197. The zero-order valence-corrected chi connectivity index (χ0v) is 5.59. The van der Waals surface area contributed by atoms with Gasteiger partial charge in [0.1, 0.15) is 6.23 Å². The SMILES string of the molecule is O=C1NCC2CCOC2N1. The first-order chi connectivity index (χ1) is 4.86. The van der Waals surface area contributed by atoms with Gasteiger partial charge in [-0.1, -0.05) is 0 Å². The van der Waals surface area contributed by atoms with E-state index in [1.165, 1.54) is 0 Å². The summed E-state index contributed by atoms with van der Waals surface area (Å²) in [5.41, 5.74) is 0. The zero-order valence-electron chi connectivity index (χ0n) is 5.59. The van der Waals surface area contributed by atoms with Crippen LogP contribution in [-0.4, -0.2) is 25.4 Å². The first-order valence-corrected chi connectivity index (χ1v) is 3.52. The highest BCUT2D eigenvalue weighted by Gasteiger charge is 2.32. The van der Waals surface area contributed by atoms with E-state index in [2.05, 4.69) is 10.6 Å². The molecule has 2 N–H and O–H groups in total. The first-order valence-electron chi connectivity index (χ1n) is 3.52. The van der Waals surface area contributed by atoms with Gasteiger partial charge in [0.05, 0.1) is 0 Å². The van der Waals surface area contributed by atoms with Crippen LogP contribution in [0, 0.1) is 5.92 Å². The summed E-state index contributed by atoms with van der Waals surface area (Å²) < 4.78 is 5.26. The molecular formula is C6H10N2O2. The normalized spacial score (nSPS) is 38.2. The Kier molecular flexibility index (Phi) is 1.27. The smallest absolute Gasteiger partial charge is 0.316 e. The Hall–Kier alpha value is -0.770. The van der Waals surface area contributed by atoms with Crippen molar-refractivity contribution in [2.24, 2.45) is 5.92 Å². The van der Waals surface area contributed by atoms with E-state index in [1.54, 1.807) is 0 Å². The molecule has 0 aromatic carbocycles. The lowest BCUT2D eigenvalue weighted by Gasteiger charge is -2.25. The Bertz CT molecular complexity index is 160. The monoisotopic (exact) mass is 142 g/mol. The number of amides is 2. The van der Waals surface area contributed by atoms with Gasteiger partial charge in [-0.25, -0.2) is 4.79 Å². The Morgan fingerprint density at radius 1 is 1.60 bits per heavy atom. The number of hydrogen-bond donors (Lipinski definition) is 2. The van der Waals surface area contributed by atoms with E-state index in [0.717, 1.165) is 19.6 Å². The van der Waals surface area contributed by atoms with Crippen LogP contribution in [-0.2, 0) is 4.74 Å². The molecule has 2 fully saturated rings. The average Bonchev–Trinajstić information content (AvgIpc) is 2.33. The summed E-state index contributed by atoms with van der Waals surface area (Å²) in [5.74, 6) is 0.484. The summed E-state index contributed by atoms with van der Waals surface area (Å²) >= 11 is 0. The summed E-state index contributed by atoms with van der Waals surface area (Å²) in [7, 11) is 0. The second kappa shape index (κ2) is 2.12. The molecule has 0 aromatic rings. The van der Waals surface area contributed by atoms with E-state index < -0.39 is 0 Å². The van der Waals surface area contributed by atoms with Gasteiger partial charge in [0.15, 0.2) is 0 Å². The molecule has 2 atom stereocenters. The van der Waals surface area contributed by atoms with Crippen LogP contribution in [0.2, 0.25) is 0 Å². The lowest BCUT2D eigenvalue weighted by Crippen LogP contribution is -2.53.